The summed E-state index contributed by atoms with van der Waals surface area (Å²) in [5.41, 5.74) is 11.6. The molecule has 0 saturated heterocycles. The number of hydrogen-bond donors (Lipinski definition) is 2. The molecule has 0 saturated carbocycles. The molecule has 0 bridgehead atoms. The van der Waals surface area contributed by atoms with Crippen molar-refractivity contribution in [1.82, 2.24) is 15.0 Å². The number of para-hydroxylation sites is 1. The first-order valence-corrected chi connectivity index (χ1v) is 6.26. The summed E-state index contributed by atoms with van der Waals surface area (Å²) < 4.78 is 10.5. The Bertz CT molecular complexity index is 657. The molecular formula is C13H16N6O3. The van der Waals surface area contributed by atoms with Crippen molar-refractivity contribution in [2.45, 2.75) is 6.61 Å². The Morgan fingerprint density at radius 3 is 2.45 bits per heavy atom. The van der Waals surface area contributed by atoms with Crippen molar-refractivity contribution in [3.05, 3.63) is 29.6 Å². The SMILES string of the molecule is COc1cccc(/C=N\OCc2nc(N)nc(N)n2)c1OC. The van der Waals surface area contributed by atoms with E-state index in [9.17, 15) is 0 Å². The van der Waals surface area contributed by atoms with E-state index in [1.54, 1.807) is 20.3 Å². The van der Waals surface area contributed by atoms with Crippen LogP contribution in [0.1, 0.15) is 11.4 Å². The lowest BCUT2D eigenvalue weighted by Gasteiger charge is -2.09. The maximum atomic E-state index is 5.46. The molecule has 4 N–H and O–H groups in total. The standard InChI is InChI=1S/C13H16N6O3/c1-20-9-5-3-4-8(11(9)21-2)6-16-22-7-10-17-12(14)19-13(15)18-10/h3-6H,7H2,1-2H3,(H4,14,15,17,18,19)/b16-6-. The highest BCUT2D eigenvalue weighted by atomic mass is 16.6. The monoisotopic (exact) mass is 304 g/mol. The Labute approximate surface area is 126 Å². The van der Waals surface area contributed by atoms with Gasteiger partial charge in [0, 0.05) is 5.56 Å². The molecule has 1 heterocycles. The van der Waals surface area contributed by atoms with Gasteiger partial charge >= 0.3 is 0 Å². The van der Waals surface area contributed by atoms with Crippen LogP contribution in [0.15, 0.2) is 23.4 Å². The van der Waals surface area contributed by atoms with Gasteiger partial charge < -0.3 is 25.8 Å². The molecule has 1 aromatic heterocycles. The number of nitrogen functional groups attached to an aromatic ring is 2. The Hall–Kier alpha value is -3.10. The first-order valence-electron chi connectivity index (χ1n) is 6.26. The second-order valence-corrected chi connectivity index (χ2v) is 4.06. The number of nitrogens with zero attached hydrogens (tertiary/aromatic N) is 4. The Balaban J connectivity index is 2.04. The zero-order chi connectivity index (χ0) is 15.9. The summed E-state index contributed by atoms with van der Waals surface area (Å²) in [5, 5.41) is 3.84. The van der Waals surface area contributed by atoms with E-state index >= 15 is 0 Å². The van der Waals surface area contributed by atoms with Crippen LogP contribution in [0, 0.1) is 0 Å². The summed E-state index contributed by atoms with van der Waals surface area (Å²) in [6.45, 7) is 0.0136. The minimum Gasteiger partial charge on any atom is -0.493 e. The molecule has 22 heavy (non-hydrogen) atoms. The minimum atomic E-state index is 0.0136. The molecule has 1 aromatic carbocycles. The largest absolute Gasteiger partial charge is 0.493 e. The van der Waals surface area contributed by atoms with Gasteiger partial charge in [-0.2, -0.15) is 15.0 Å². The third-order valence-electron chi connectivity index (χ3n) is 2.61. The first kappa shape index (κ1) is 15.3. The van der Waals surface area contributed by atoms with Gasteiger partial charge in [0.15, 0.2) is 23.9 Å². The van der Waals surface area contributed by atoms with E-state index in [4.69, 9.17) is 25.8 Å². The number of methoxy groups -OCH3 is 2. The Morgan fingerprint density at radius 1 is 1.09 bits per heavy atom. The molecule has 0 aliphatic carbocycles. The van der Waals surface area contributed by atoms with E-state index in [0.717, 1.165) is 0 Å². The first-order chi connectivity index (χ1) is 10.6. The molecule has 116 valence electrons. The summed E-state index contributed by atoms with van der Waals surface area (Å²) in [7, 11) is 3.11. The van der Waals surface area contributed by atoms with Crippen molar-refractivity contribution >= 4 is 18.1 Å². The van der Waals surface area contributed by atoms with Gasteiger partial charge in [0.1, 0.15) is 0 Å². The number of ether oxygens (including phenoxy) is 2. The fourth-order valence-corrected chi connectivity index (χ4v) is 1.72. The third kappa shape index (κ3) is 3.72. The predicted octanol–water partition coefficient (Wildman–Crippen LogP) is 0.604. The number of oxime groups is 1. The van der Waals surface area contributed by atoms with Gasteiger partial charge in [-0.3, -0.25) is 0 Å². The zero-order valence-electron chi connectivity index (χ0n) is 12.2. The smallest absolute Gasteiger partial charge is 0.225 e. The van der Waals surface area contributed by atoms with Crippen molar-refractivity contribution in [2.75, 3.05) is 25.7 Å². The molecule has 0 aliphatic heterocycles. The number of hydrogen-bond acceptors (Lipinski definition) is 9. The second kappa shape index (κ2) is 7.07. The van der Waals surface area contributed by atoms with Crippen LogP contribution in [0.3, 0.4) is 0 Å². The topological polar surface area (TPSA) is 131 Å². The van der Waals surface area contributed by atoms with Gasteiger partial charge in [-0.15, -0.1) is 0 Å². The molecular weight excluding hydrogens is 288 g/mol. The van der Waals surface area contributed by atoms with Gasteiger partial charge in [-0.25, -0.2) is 0 Å². The maximum absolute atomic E-state index is 5.46. The summed E-state index contributed by atoms with van der Waals surface area (Å²) in [4.78, 5) is 16.5. The van der Waals surface area contributed by atoms with Crippen molar-refractivity contribution in [1.29, 1.82) is 0 Å². The average molecular weight is 304 g/mol. The van der Waals surface area contributed by atoms with Crippen LogP contribution < -0.4 is 20.9 Å². The van der Waals surface area contributed by atoms with Crippen LogP contribution in [0.4, 0.5) is 11.9 Å². The number of rotatable bonds is 6. The highest BCUT2D eigenvalue weighted by Crippen LogP contribution is 2.29. The van der Waals surface area contributed by atoms with Crippen molar-refractivity contribution < 1.29 is 14.3 Å². The summed E-state index contributed by atoms with van der Waals surface area (Å²) in [6, 6.07) is 5.41. The fraction of sp³-hybridized carbons (Fsp3) is 0.231. The van der Waals surface area contributed by atoms with Gasteiger partial charge in [-0.05, 0) is 12.1 Å². The van der Waals surface area contributed by atoms with E-state index in [1.807, 2.05) is 12.1 Å². The molecule has 0 radical (unpaired) electrons. The average Bonchev–Trinajstić information content (AvgIpc) is 2.50. The van der Waals surface area contributed by atoms with Crippen LogP contribution in [-0.4, -0.2) is 35.4 Å². The lowest BCUT2D eigenvalue weighted by Crippen LogP contribution is -2.07. The lowest BCUT2D eigenvalue weighted by molar-refractivity contribution is 0.126. The van der Waals surface area contributed by atoms with Crippen molar-refractivity contribution in [3.63, 3.8) is 0 Å². The minimum absolute atomic E-state index is 0.0136. The second-order valence-electron chi connectivity index (χ2n) is 4.06. The van der Waals surface area contributed by atoms with Crippen LogP contribution in [0.25, 0.3) is 0 Å². The van der Waals surface area contributed by atoms with Crippen LogP contribution in [0.5, 0.6) is 11.5 Å². The number of nitrogens with two attached hydrogens (primary N) is 2. The predicted molar refractivity (Wildman–Crippen MR) is 80.6 cm³/mol. The lowest BCUT2D eigenvalue weighted by atomic mass is 10.2. The summed E-state index contributed by atoms with van der Waals surface area (Å²) >= 11 is 0. The molecule has 9 heteroatoms. The molecule has 0 spiro atoms. The van der Waals surface area contributed by atoms with E-state index in [2.05, 4.69) is 20.1 Å². The van der Waals surface area contributed by atoms with Gasteiger partial charge in [-0.1, -0.05) is 11.2 Å². The molecule has 9 nitrogen and oxygen atoms in total. The quantitative estimate of drug-likeness (QED) is 0.586. The van der Waals surface area contributed by atoms with Crippen molar-refractivity contribution in [3.8, 4) is 11.5 Å². The number of aromatic nitrogens is 3. The number of anilines is 2. The Kier molecular flexibility index (Phi) is 4.91. The summed E-state index contributed by atoms with van der Waals surface area (Å²) in [6.07, 6.45) is 1.50. The highest BCUT2D eigenvalue weighted by molar-refractivity contribution is 5.84. The fourth-order valence-electron chi connectivity index (χ4n) is 1.72. The molecule has 0 aliphatic rings. The van der Waals surface area contributed by atoms with Gasteiger partial charge in [0.05, 0.1) is 20.4 Å². The van der Waals surface area contributed by atoms with Crippen molar-refractivity contribution in [2.24, 2.45) is 5.16 Å². The van der Waals surface area contributed by atoms with Crippen LogP contribution in [-0.2, 0) is 11.4 Å². The molecule has 2 aromatic rings. The number of benzene rings is 1. The maximum Gasteiger partial charge on any atom is 0.225 e. The molecule has 0 fully saturated rings. The van der Waals surface area contributed by atoms with Crippen LogP contribution >= 0.6 is 0 Å². The molecule has 0 amide bonds. The molecule has 0 unspecified atom stereocenters. The summed E-state index contributed by atoms with van der Waals surface area (Å²) in [5.74, 6) is 1.52. The highest BCUT2D eigenvalue weighted by Gasteiger charge is 2.07. The van der Waals surface area contributed by atoms with Crippen LogP contribution in [0.2, 0.25) is 0 Å². The van der Waals surface area contributed by atoms with E-state index in [0.29, 0.717) is 22.9 Å². The van der Waals surface area contributed by atoms with Gasteiger partial charge in [0.25, 0.3) is 0 Å². The third-order valence-corrected chi connectivity index (χ3v) is 2.61. The molecule has 2 rings (SSSR count). The van der Waals surface area contributed by atoms with E-state index in [1.165, 1.54) is 6.21 Å². The normalized spacial score (nSPS) is 10.6. The molecule has 0 atom stereocenters. The van der Waals surface area contributed by atoms with E-state index < -0.39 is 0 Å². The zero-order valence-corrected chi connectivity index (χ0v) is 12.2. The van der Waals surface area contributed by atoms with Gasteiger partial charge in [0.2, 0.25) is 11.9 Å². The Morgan fingerprint density at radius 2 is 1.82 bits per heavy atom. The van der Waals surface area contributed by atoms with E-state index in [-0.39, 0.29) is 18.5 Å².